The fourth-order valence-corrected chi connectivity index (χ4v) is 1.87. The lowest BCUT2D eigenvalue weighted by Crippen LogP contribution is -2.23. The van der Waals surface area contributed by atoms with Gasteiger partial charge in [0.05, 0.1) is 27.2 Å². The van der Waals surface area contributed by atoms with Crippen molar-refractivity contribution in [1.29, 1.82) is 0 Å². The van der Waals surface area contributed by atoms with E-state index in [1.165, 1.54) is 7.11 Å². The number of rotatable bonds is 10. The van der Waals surface area contributed by atoms with Crippen molar-refractivity contribution in [1.82, 2.24) is 5.32 Å². The predicted molar refractivity (Wildman–Crippen MR) is 86.5 cm³/mol. The van der Waals surface area contributed by atoms with Gasteiger partial charge in [-0.15, -0.1) is 0 Å². The van der Waals surface area contributed by atoms with Gasteiger partial charge in [0.15, 0.2) is 11.5 Å². The zero-order valence-corrected chi connectivity index (χ0v) is 14.0. The molecule has 0 atom stereocenters. The summed E-state index contributed by atoms with van der Waals surface area (Å²) in [5.74, 6) is 0.747. The van der Waals surface area contributed by atoms with Crippen LogP contribution in [0, 0.1) is 0 Å². The lowest BCUT2D eigenvalue weighted by atomic mass is 10.2. The minimum absolute atomic E-state index is 0.0792. The number of methoxy groups -OCH3 is 2. The molecule has 0 saturated carbocycles. The van der Waals surface area contributed by atoms with E-state index in [0.717, 1.165) is 18.4 Å². The highest BCUT2D eigenvalue weighted by Crippen LogP contribution is 2.28. The van der Waals surface area contributed by atoms with Gasteiger partial charge in [-0.3, -0.25) is 9.59 Å². The first-order valence-electron chi connectivity index (χ1n) is 7.74. The summed E-state index contributed by atoms with van der Waals surface area (Å²) in [5, 5.41) is 2.76. The topological polar surface area (TPSA) is 73.9 Å². The third kappa shape index (κ3) is 7.04. The molecule has 0 saturated heterocycles. The number of ether oxygens (including phenoxy) is 3. The molecule has 6 nitrogen and oxygen atoms in total. The first-order valence-corrected chi connectivity index (χ1v) is 7.74. The molecule has 0 aliphatic carbocycles. The van der Waals surface area contributed by atoms with Gasteiger partial charge < -0.3 is 19.5 Å². The van der Waals surface area contributed by atoms with Gasteiger partial charge in [-0.1, -0.05) is 19.4 Å². The van der Waals surface area contributed by atoms with Crippen LogP contribution >= 0.6 is 0 Å². The first kappa shape index (κ1) is 18.8. The van der Waals surface area contributed by atoms with Crippen LogP contribution in [0.25, 0.3) is 0 Å². The van der Waals surface area contributed by atoms with Crippen molar-refractivity contribution in [2.24, 2.45) is 0 Å². The standard InChI is InChI=1S/C17H25NO5/c1-4-5-10-23-14-7-6-13(11-15(14)21-2)12-18-16(19)8-9-17(20)22-3/h6-7,11H,4-5,8-10,12H2,1-3H3,(H,18,19). The molecule has 128 valence electrons. The molecule has 0 radical (unpaired) electrons. The van der Waals surface area contributed by atoms with Crippen LogP contribution in [0.1, 0.15) is 38.2 Å². The molecule has 1 rings (SSSR count). The summed E-state index contributed by atoms with van der Waals surface area (Å²) in [4.78, 5) is 22.6. The number of carbonyl (C=O) groups excluding carboxylic acids is 2. The molecule has 0 aliphatic rings. The number of hydrogen-bond donors (Lipinski definition) is 1. The van der Waals surface area contributed by atoms with E-state index in [2.05, 4.69) is 17.0 Å². The van der Waals surface area contributed by atoms with E-state index < -0.39 is 5.97 Å². The third-order valence-electron chi connectivity index (χ3n) is 3.26. The lowest BCUT2D eigenvalue weighted by molar-refractivity contribution is -0.142. The molecule has 6 heteroatoms. The predicted octanol–water partition coefficient (Wildman–Crippen LogP) is 2.44. The molecule has 1 aromatic rings. The number of benzene rings is 1. The van der Waals surface area contributed by atoms with Crippen LogP contribution in [0.5, 0.6) is 11.5 Å². The Morgan fingerprint density at radius 2 is 1.91 bits per heavy atom. The summed E-state index contributed by atoms with van der Waals surface area (Å²) in [6.07, 6.45) is 2.25. The molecule has 0 unspecified atom stereocenters. The van der Waals surface area contributed by atoms with Gasteiger partial charge in [0.25, 0.3) is 0 Å². The summed E-state index contributed by atoms with van der Waals surface area (Å²) in [6.45, 7) is 3.12. The van der Waals surface area contributed by atoms with E-state index >= 15 is 0 Å². The number of esters is 1. The summed E-state index contributed by atoms with van der Waals surface area (Å²) in [7, 11) is 2.89. The summed E-state index contributed by atoms with van der Waals surface area (Å²) in [6, 6.07) is 5.55. The Labute approximate surface area is 137 Å². The number of carbonyl (C=O) groups is 2. The fourth-order valence-electron chi connectivity index (χ4n) is 1.87. The van der Waals surface area contributed by atoms with Gasteiger partial charge >= 0.3 is 5.97 Å². The first-order chi connectivity index (χ1) is 11.1. The van der Waals surface area contributed by atoms with Gasteiger partial charge in [0.1, 0.15) is 0 Å². The van der Waals surface area contributed by atoms with E-state index in [9.17, 15) is 9.59 Å². The Bertz CT molecular complexity index is 516. The molecule has 1 aromatic carbocycles. The second kappa shape index (κ2) is 10.5. The maximum atomic E-state index is 11.7. The van der Waals surface area contributed by atoms with Crippen LogP contribution in [0.3, 0.4) is 0 Å². The van der Waals surface area contributed by atoms with E-state index in [1.54, 1.807) is 7.11 Å². The van der Waals surface area contributed by atoms with E-state index in [1.807, 2.05) is 18.2 Å². The average molecular weight is 323 g/mol. The van der Waals surface area contributed by atoms with E-state index in [0.29, 0.717) is 24.7 Å². The smallest absolute Gasteiger partial charge is 0.306 e. The van der Waals surface area contributed by atoms with Crippen molar-refractivity contribution in [2.75, 3.05) is 20.8 Å². The highest BCUT2D eigenvalue weighted by atomic mass is 16.5. The molecule has 0 fully saturated rings. The summed E-state index contributed by atoms with van der Waals surface area (Å²) >= 11 is 0. The van der Waals surface area contributed by atoms with Gasteiger partial charge in [-0.2, -0.15) is 0 Å². The highest BCUT2D eigenvalue weighted by Gasteiger charge is 2.09. The lowest BCUT2D eigenvalue weighted by Gasteiger charge is -2.12. The van der Waals surface area contributed by atoms with Crippen molar-refractivity contribution < 1.29 is 23.8 Å². The van der Waals surface area contributed by atoms with Crippen molar-refractivity contribution >= 4 is 11.9 Å². The van der Waals surface area contributed by atoms with Crippen molar-refractivity contribution in [3.05, 3.63) is 23.8 Å². The van der Waals surface area contributed by atoms with Gasteiger partial charge in [0, 0.05) is 13.0 Å². The van der Waals surface area contributed by atoms with Gasteiger partial charge in [0.2, 0.25) is 5.91 Å². The Morgan fingerprint density at radius 3 is 2.57 bits per heavy atom. The Morgan fingerprint density at radius 1 is 1.13 bits per heavy atom. The van der Waals surface area contributed by atoms with Crippen LogP contribution in [0.2, 0.25) is 0 Å². The Kier molecular flexibility index (Phi) is 8.57. The number of nitrogens with one attached hydrogen (secondary N) is 1. The maximum absolute atomic E-state index is 11.7. The van der Waals surface area contributed by atoms with Crippen LogP contribution in [-0.4, -0.2) is 32.7 Å². The van der Waals surface area contributed by atoms with Gasteiger partial charge in [-0.25, -0.2) is 0 Å². The van der Waals surface area contributed by atoms with Crippen molar-refractivity contribution in [2.45, 2.75) is 39.2 Å². The molecule has 1 N–H and O–H groups in total. The fraction of sp³-hybridized carbons (Fsp3) is 0.529. The van der Waals surface area contributed by atoms with Crippen LogP contribution in [0.15, 0.2) is 18.2 Å². The molecule has 0 aromatic heterocycles. The Balaban J connectivity index is 2.50. The van der Waals surface area contributed by atoms with Crippen LogP contribution in [-0.2, 0) is 20.9 Å². The molecular formula is C17H25NO5. The minimum atomic E-state index is -0.393. The normalized spacial score (nSPS) is 10.0. The zero-order chi connectivity index (χ0) is 17.1. The molecule has 0 bridgehead atoms. The van der Waals surface area contributed by atoms with E-state index in [-0.39, 0.29) is 18.7 Å². The number of amides is 1. The molecule has 0 aliphatic heterocycles. The molecule has 23 heavy (non-hydrogen) atoms. The minimum Gasteiger partial charge on any atom is -0.493 e. The van der Waals surface area contributed by atoms with Gasteiger partial charge in [-0.05, 0) is 24.1 Å². The largest absolute Gasteiger partial charge is 0.493 e. The third-order valence-corrected chi connectivity index (χ3v) is 3.26. The molecule has 0 spiro atoms. The van der Waals surface area contributed by atoms with Crippen LogP contribution < -0.4 is 14.8 Å². The highest BCUT2D eigenvalue weighted by molar-refractivity contribution is 5.81. The zero-order valence-electron chi connectivity index (χ0n) is 14.0. The monoisotopic (exact) mass is 323 g/mol. The number of unbranched alkanes of at least 4 members (excludes halogenated alkanes) is 1. The quantitative estimate of drug-likeness (QED) is 0.529. The maximum Gasteiger partial charge on any atom is 0.306 e. The van der Waals surface area contributed by atoms with Crippen molar-refractivity contribution in [3.8, 4) is 11.5 Å². The SMILES string of the molecule is CCCCOc1ccc(CNC(=O)CCC(=O)OC)cc1OC. The Hall–Kier alpha value is -2.24. The molecule has 0 heterocycles. The summed E-state index contributed by atoms with van der Waals surface area (Å²) < 4.78 is 15.5. The van der Waals surface area contributed by atoms with Crippen molar-refractivity contribution in [3.63, 3.8) is 0 Å². The second-order valence-electron chi connectivity index (χ2n) is 5.04. The average Bonchev–Trinajstić information content (AvgIpc) is 2.58. The van der Waals surface area contributed by atoms with Crippen LogP contribution in [0.4, 0.5) is 0 Å². The second-order valence-corrected chi connectivity index (χ2v) is 5.04. The summed E-state index contributed by atoms with van der Waals surface area (Å²) in [5.41, 5.74) is 0.899. The molecular weight excluding hydrogens is 298 g/mol. The number of hydrogen-bond acceptors (Lipinski definition) is 5. The van der Waals surface area contributed by atoms with E-state index in [4.69, 9.17) is 9.47 Å². The molecule has 1 amide bonds.